The van der Waals surface area contributed by atoms with Crippen LogP contribution in [0, 0.1) is 6.92 Å². The molecule has 1 atom stereocenters. The van der Waals surface area contributed by atoms with E-state index in [9.17, 15) is 14.4 Å². The first-order chi connectivity index (χ1) is 25.3. The number of Topliss-reactive ketones (excluding diaryl/α,β-unsaturated/α-hetero) is 1. The van der Waals surface area contributed by atoms with Crippen molar-refractivity contribution in [3.8, 4) is 22.9 Å². The molecule has 53 heavy (non-hydrogen) atoms. The second kappa shape index (κ2) is 14.2. The highest BCUT2D eigenvalue weighted by Gasteiger charge is 2.34. The van der Waals surface area contributed by atoms with Crippen LogP contribution in [-0.2, 0) is 18.3 Å². The number of nitrogens with one attached hydrogen (secondary N) is 2. The van der Waals surface area contributed by atoms with Crippen LogP contribution in [0.3, 0.4) is 0 Å². The molecule has 0 saturated carbocycles. The van der Waals surface area contributed by atoms with Gasteiger partial charge in [-0.05, 0) is 69.9 Å². The SMILES string of the molecule is C=C1CC2C=Nc3cc(OCCCC(=O)Nc4cn(C)c(C(=O)Cc5ccc(-c6nc7ccc(OC(C)(C)C)cc7[nH]6)cc5)n4)c(C)cc3C(=O)N2C1. The Hall–Kier alpha value is -6.04. The third-order valence-electron chi connectivity index (χ3n) is 9.13. The van der Waals surface area contributed by atoms with Crippen molar-refractivity contribution in [1.29, 1.82) is 0 Å². The number of rotatable bonds is 11. The number of carbonyl (C=O) groups excluding carboxylic acids is 3. The second-order valence-corrected chi connectivity index (χ2v) is 14.7. The number of aryl methyl sites for hydroxylation is 2. The molecule has 3 aromatic carbocycles. The first-order valence-corrected chi connectivity index (χ1v) is 17.7. The molecule has 0 spiro atoms. The van der Waals surface area contributed by atoms with Crippen molar-refractivity contribution in [3.63, 3.8) is 0 Å². The number of benzene rings is 3. The molecule has 2 aliphatic heterocycles. The van der Waals surface area contributed by atoms with Crippen LogP contribution < -0.4 is 14.8 Å². The van der Waals surface area contributed by atoms with Gasteiger partial charge in [-0.3, -0.25) is 19.4 Å². The van der Waals surface area contributed by atoms with Crippen molar-refractivity contribution >= 4 is 46.4 Å². The zero-order valence-electron chi connectivity index (χ0n) is 30.7. The third-order valence-corrected chi connectivity index (χ3v) is 9.13. The van der Waals surface area contributed by atoms with E-state index in [4.69, 9.17) is 14.5 Å². The summed E-state index contributed by atoms with van der Waals surface area (Å²) in [5.74, 6) is 2.23. The monoisotopic (exact) mass is 713 g/mol. The number of aromatic nitrogens is 4. The topological polar surface area (TPSA) is 144 Å². The van der Waals surface area contributed by atoms with Crippen LogP contribution in [0.2, 0.25) is 0 Å². The molecule has 4 heterocycles. The van der Waals surface area contributed by atoms with Crippen LogP contribution >= 0.6 is 0 Å². The molecule has 1 saturated heterocycles. The van der Waals surface area contributed by atoms with E-state index in [1.165, 1.54) is 0 Å². The molecule has 0 bridgehead atoms. The quantitative estimate of drug-likeness (QED) is 0.0840. The largest absolute Gasteiger partial charge is 0.493 e. The number of anilines is 1. The van der Waals surface area contributed by atoms with Gasteiger partial charge in [-0.2, -0.15) is 0 Å². The lowest BCUT2D eigenvalue weighted by atomic mass is 10.1. The summed E-state index contributed by atoms with van der Waals surface area (Å²) in [5, 5.41) is 2.79. The third kappa shape index (κ3) is 7.91. The smallest absolute Gasteiger partial charge is 0.256 e. The first kappa shape index (κ1) is 35.4. The summed E-state index contributed by atoms with van der Waals surface area (Å²) in [4.78, 5) is 58.0. The fourth-order valence-electron chi connectivity index (χ4n) is 6.61. The molecular formula is C41H43N7O5. The molecule has 12 nitrogen and oxygen atoms in total. The molecule has 1 fully saturated rings. The van der Waals surface area contributed by atoms with Gasteiger partial charge in [0.25, 0.3) is 5.91 Å². The number of imidazole rings is 2. The average molecular weight is 714 g/mol. The number of fused-ring (bicyclic) bond motifs is 3. The highest BCUT2D eigenvalue weighted by Crippen LogP contribution is 2.35. The van der Waals surface area contributed by atoms with Gasteiger partial charge in [0.05, 0.1) is 34.9 Å². The number of aromatic amines is 1. The number of H-pyrrole nitrogens is 1. The fourth-order valence-corrected chi connectivity index (χ4v) is 6.61. The lowest BCUT2D eigenvalue weighted by molar-refractivity contribution is -0.116. The van der Waals surface area contributed by atoms with Gasteiger partial charge < -0.3 is 29.2 Å². The van der Waals surface area contributed by atoms with Crippen molar-refractivity contribution < 1.29 is 23.9 Å². The Balaban J connectivity index is 0.900. The van der Waals surface area contributed by atoms with Gasteiger partial charge in [0.15, 0.2) is 11.6 Å². The van der Waals surface area contributed by atoms with Crippen LogP contribution in [0.15, 0.2) is 77.9 Å². The van der Waals surface area contributed by atoms with Gasteiger partial charge in [0.1, 0.15) is 22.9 Å². The van der Waals surface area contributed by atoms with Crippen LogP contribution in [0.1, 0.15) is 72.1 Å². The zero-order valence-corrected chi connectivity index (χ0v) is 30.7. The minimum Gasteiger partial charge on any atom is -0.493 e. The molecular weight excluding hydrogens is 670 g/mol. The van der Waals surface area contributed by atoms with E-state index >= 15 is 0 Å². The highest BCUT2D eigenvalue weighted by molar-refractivity contribution is 6.03. The van der Waals surface area contributed by atoms with Gasteiger partial charge >= 0.3 is 0 Å². The average Bonchev–Trinajstić information content (AvgIpc) is 3.79. The standard InChI is InChI=1S/C41H43N7O5/c1-24-16-28-21-42-32-20-35(25(2)17-30(32)40(51)48(28)22-24)52-15-7-8-37(50)45-36-23-47(6)39(46-36)34(49)18-26-9-11-27(12-10-26)38-43-31-14-13-29(19-33(31)44-38)53-41(3,4)5/h9-14,17,19-21,23,28H,1,7-8,15-16,18,22H2,2-6H3,(H,43,44)(H,45,50). The number of nitrogens with zero attached hydrogens (tertiary/aromatic N) is 5. The molecule has 1 unspecified atom stereocenters. The molecule has 2 aliphatic rings. The number of amides is 2. The normalized spacial score (nSPS) is 15.3. The Labute approximate surface area is 308 Å². The predicted octanol–water partition coefficient (Wildman–Crippen LogP) is 7.16. The highest BCUT2D eigenvalue weighted by atomic mass is 16.5. The molecule has 12 heteroatoms. The molecule has 0 radical (unpaired) electrons. The fraction of sp³-hybridized carbons (Fsp3) is 0.317. The predicted molar refractivity (Wildman–Crippen MR) is 204 cm³/mol. The molecule has 2 aromatic heterocycles. The first-order valence-electron chi connectivity index (χ1n) is 17.7. The van der Waals surface area contributed by atoms with E-state index < -0.39 is 0 Å². The van der Waals surface area contributed by atoms with E-state index in [2.05, 4.69) is 26.9 Å². The number of hydrogen-bond donors (Lipinski definition) is 2. The molecule has 272 valence electrons. The van der Waals surface area contributed by atoms with E-state index in [0.717, 1.165) is 51.3 Å². The van der Waals surface area contributed by atoms with Crippen molar-refractivity contribution in [2.45, 2.75) is 65.0 Å². The van der Waals surface area contributed by atoms with Crippen LogP contribution in [-0.4, -0.2) is 73.0 Å². The van der Waals surface area contributed by atoms with Crippen LogP contribution in [0.25, 0.3) is 22.4 Å². The van der Waals surface area contributed by atoms with Crippen molar-refractivity contribution in [2.24, 2.45) is 12.0 Å². The molecule has 7 rings (SSSR count). The number of carbonyl (C=O) groups is 3. The lowest BCUT2D eigenvalue weighted by Gasteiger charge is -2.21. The summed E-state index contributed by atoms with van der Waals surface area (Å²) >= 11 is 0. The lowest BCUT2D eigenvalue weighted by Crippen LogP contribution is -2.35. The summed E-state index contributed by atoms with van der Waals surface area (Å²) in [6.45, 7) is 12.8. The second-order valence-electron chi connectivity index (χ2n) is 14.7. The Kier molecular flexibility index (Phi) is 9.46. The Morgan fingerprint density at radius 2 is 1.87 bits per heavy atom. The minimum absolute atomic E-state index is 0.0533. The summed E-state index contributed by atoms with van der Waals surface area (Å²) in [5.41, 5.74) is 6.12. The number of aliphatic imine (C=N–C) groups is 1. The zero-order chi connectivity index (χ0) is 37.4. The van der Waals surface area contributed by atoms with Gasteiger partial charge in [0, 0.05) is 56.5 Å². The molecule has 2 N–H and O–H groups in total. The van der Waals surface area contributed by atoms with Crippen LogP contribution in [0.5, 0.6) is 11.5 Å². The minimum atomic E-state index is -0.300. The van der Waals surface area contributed by atoms with Gasteiger partial charge in [-0.1, -0.05) is 36.4 Å². The van der Waals surface area contributed by atoms with Gasteiger partial charge in [-0.15, -0.1) is 0 Å². The number of hydrogen-bond acceptors (Lipinski definition) is 8. The summed E-state index contributed by atoms with van der Waals surface area (Å²) in [7, 11) is 1.73. The molecule has 5 aromatic rings. The number of ketones is 1. The maximum Gasteiger partial charge on any atom is 0.256 e. The van der Waals surface area contributed by atoms with Gasteiger partial charge in [-0.25, -0.2) is 9.97 Å². The van der Waals surface area contributed by atoms with Crippen molar-refractivity contribution in [3.05, 3.63) is 95.5 Å². The summed E-state index contributed by atoms with van der Waals surface area (Å²) in [6.07, 6.45) is 4.97. The number of ether oxygens (including phenoxy) is 2. The van der Waals surface area contributed by atoms with E-state index in [1.54, 1.807) is 28.8 Å². The maximum absolute atomic E-state index is 13.2. The van der Waals surface area contributed by atoms with E-state index in [0.29, 0.717) is 42.4 Å². The van der Waals surface area contributed by atoms with Crippen molar-refractivity contribution in [2.75, 3.05) is 18.5 Å². The maximum atomic E-state index is 13.2. The Morgan fingerprint density at radius 3 is 2.64 bits per heavy atom. The summed E-state index contributed by atoms with van der Waals surface area (Å²) in [6, 6.07) is 17.0. The van der Waals surface area contributed by atoms with Crippen LogP contribution in [0.4, 0.5) is 11.5 Å². The van der Waals surface area contributed by atoms with Gasteiger partial charge in [0.2, 0.25) is 11.7 Å². The molecule has 2 amide bonds. The van der Waals surface area contributed by atoms with E-state index in [1.807, 2.05) is 82.4 Å². The Morgan fingerprint density at radius 1 is 1.08 bits per heavy atom. The van der Waals surface area contributed by atoms with E-state index in [-0.39, 0.29) is 47.9 Å². The Bertz CT molecular complexity index is 2280. The van der Waals surface area contributed by atoms with Crippen molar-refractivity contribution in [1.82, 2.24) is 24.4 Å². The summed E-state index contributed by atoms with van der Waals surface area (Å²) < 4.78 is 13.6. The molecule has 0 aliphatic carbocycles.